The van der Waals surface area contributed by atoms with Gasteiger partial charge in [0.2, 0.25) is 5.70 Å². The Morgan fingerprint density at radius 1 is 1.38 bits per heavy atom. The Labute approximate surface area is 80.6 Å². The molecule has 0 rings (SSSR count). The Bertz CT molecular complexity index is 192. The topological polar surface area (TPSA) is 26.3 Å². The molecule has 0 radical (unpaired) electrons. The summed E-state index contributed by atoms with van der Waals surface area (Å²) in [6.07, 6.45) is 1.94. The molecule has 0 N–H and O–H groups in total. The standard InChI is InChI=1S/C10H20NO2/c1-6-7-8-13-10(12)9(2)11(3,4)5/h2,6-8H2,1,3-5H3/q+1. The summed E-state index contributed by atoms with van der Waals surface area (Å²) >= 11 is 0. The first-order valence-corrected chi connectivity index (χ1v) is 4.57. The molecule has 3 nitrogen and oxygen atoms in total. The van der Waals surface area contributed by atoms with Crippen LogP contribution in [0.1, 0.15) is 19.8 Å². The lowest BCUT2D eigenvalue weighted by atomic mass is 10.3. The van der Waals surface area contributed by atoms with Crippen LogP contribution in [0.15, 0.2) is 12.3 Å². The van der Waals surface area contributed by atoms with E-state index < -0.39 is 0 Å². The third-order valence-corrected chi connectivity index (χ3v) is 1.78. The minimum atomic E-state index is -0.291. The average molecular weight is 186 g/mol. The zero-order chi connectivity index (χ0) is 10.5. The first kappa shape index (κ1) is 12.2. The molecule has 76 valence electrons. The van der Waals surface area contributed by atoms with E-state index in [1.807, 2.05) is 21.1 Å². The third-order valence-electron chi connectivity index (χ3n) is 1.78. The number of hydrogen-bond donors (Lipinski definition) is 0. The van der Waals surface area contributed by atoms with Crippen LogP contribution in [-0.4, -0.2) is 38.2 Å². The molecular weight excluding hydrogens is 166 g/mol. The van der Waals surface area contributed by atoms with Gasteiger partial charge >= 0.3 is 5.97 Å². The monoisotopic (exact) mass is 186 g/mol. The van der Waals surface area contributed by atoms with Crippen LogP contribution in [0.3, 0.4) is 0 Å². The number of rotatable bonds is 5. The molecule has 0 unspecified atom stereocenters. The fourth-order valence-electron chi connectivity index (χ4n) is 0.666. The van der Waals surface area contributed by atoms with Crippen molar-refractivity contribution in [3.63, 3.8) is 0 Å². The summed E-state index contributed by atoms with van der Waals surface area (Å²) < 4.78 is 5.44. The lowest BCUT2D eigenvalue weighted by Gasteiger charge is -2.23. The van der Waals surface area contributed by atoms with Crippen LogP contribution in [0.4, 0.5) is 0 Å². The van der Waals surface area contributed by atoms with Crippen LogP contribution < -0.4 is 0 Å². The number of ether oxygens (including phenoxy) is 1. The molecule has 0 aliphatic heterocycles. The largest absolute Gasteiger partial charge is 0.458 e. The molecule has 0 fully saturated rings. The van der Waals surface area contributed by atoms with E-state index in [0.717, 1.165) is 12.8 Å². The minimum Gasteiger partial charge on any atom is -0.458 e. The van der Waals surface area contributed by atoms with E-state index in [4.69, 9.17) is 4.74 Å². The quantitative estimate of drug-likeness (QED) is 0.282. The Balaban J connectivity index is 3.92. The van der Waals surface area contributed by atoms with Crippen molar-refractivity contribution in [3.8, 4) is 0 Å². The van der Waals surface area contributed by atoms with E-state index >= 15 is 0 Å². The van der Waals surface area contributed by atoms with Gasteiger partial charge in [0.15, 0.2) is 0 Å². The van der Waals surface area contributed by atoms with Crippen molar-refractivity contribution in [1.82, 2.24) is 0 Å². The van der Waals surface area contributed by atoms with E-state index in [1.54, 1.807) is 0 Å². The Hall–Kier alpha value is -0.830. The molecule has 0 heterocycles. The molecule has 0 aromatic rings. The zero-order valence-corrected chi connectivity index (χ0v) is 9.09. The Morgan fingerprint density at radius 3 is 2.31 bits per heavy atom. The maximum absolute atomic E-state index is 11.3. The average Bonchev–Trinajstić information content (AvgIpc) is 2.01. The van der Waals surface area contributed by atoms with E-state index in [2.05, 4.69) is 13.5 Å². The van der Waals surface area contributed by atoms with Crippen LogP contribution in [0.5, 0.6) is 0 Å². The highest BCUT2D eigenvalue weighted by Crippen LogP contribution is 2.07. The first-order chi connectivity index (χ1) is 5.89. The van der Waals surface area contributed by atoms with Gasteiger partial charge in [0, 0.05) is 0 Å². The molecule has 13 heavy (non-hydrogen) atoms. The summed E-state index contributed by atoms with van der Waals surface area (Å²) in [5, 5.41) is 0. The van der Waals surface area contributed by atoms with Gasteiger partial charge in [0.05, 0.1) is 27.7 Å². The molecule has 0 aromatic heterocycles. The summed E-state index contributed by atoms with van der Waals surface area (Å²) in [4.78, 5) is 11.3. The fraction of sp³-hybridized carbons (Fsp3) is 0.700. The molecule has 0 aliphatic carbocycles. The maximum Gasteiger partial charge on any atom is 0.392 e. The van der Waals surface area contributed by atoms with Crippen LogP contribution in [0, 0.1) is 0 Å². The number of nitrogens with zero attached hydrogens (tertiary/aromatic N) is 1. The summed E-state index contributed by atoms with van der Waals surface area (Å²) in [5.41, 5.74) is 0.483. The lowest BCUT2D eigenvalue weighted by Crippen LogP contribution is -2.37. The van der Waals surface area contributed by atoms with E-state index in [0.29, 0.717) is 16.8 Å². The lowest BCUT2D eigenvalue weighted by molar-refractivity contribution is -0.826. The second-order valence-corrected chi connectivity index (χ2v) is 3.95. The van der Waals surface area contributed by atoms with Gasteiger partial charge in [0.25, 0.3) is 0 Å². The fourth-order valence-corrected chi connectivity index (χ4v) is 0.666. The maximum atomic E-state index is 11.3. The number of esters is 1. The summed E-state index contributed by atoms with van der Waals surface area (Å²) in [6.45, 7) is 6.25. The van der Waals surface area contributed by atoms with Gasteiger partial charge in [-0.3, -0.25) is 4.48 Å². The highest BCUT2D eigenvalue weighted by atomic mass is 16.5. The van der Waals surface area contributed by atoms with Gasteiger partial charge in [0.1, 0.15) is 0 Å². The van der Waals surface area contributed by atoms with Crippen LogP contribution >= 0.6 is 0 Å². The minimum absolute atomic E-state index is 0.291. The Morgan fingerprint density at radius 2 is 1.92 bits per heavy atom. The highest BCUT2D eigenvalue weighted by molar-refractivity contribution is 5.85. The zero-order valence-electron chi connectivity index (χ0n) is 9.09. The molecule has 0 aromatic carbocycles. The van der Waals surface area contributed by atoms with E-state index in [-0.39, 0.29) is 5.97 Å². The number of carbonyl (C=O) groups excluding carboxylic acids is 1. The van der Waals surface area contributed by atoms with Gasteiger partial charge in [-0.1, -0.05) is 13.3 Å². The van der Waals surface area contributed by atoms with Gasteiger partial charge < -0.3 is 4.74 Å². The summed E-state index contributed by atoms with van der Waals surface area (Å²) in [6, 6.07) is 0. The molecule has 0 aliphatic rings. The molecule has 0 saturated carbocycles. The van der Waals surface area contributed by atoms with Crippen molar-refractivity contribution in [2.75, 3.05) is 27.7 Å². The number of unbranched alkanes of at least 4 members (excludes halogenated alkanes) is 1. The first-order valence-electron chi connectivity index (χ1n) is 4.57. The SMILES string of the molecule is C=C(C(=O)OCCCC)[N+](C)(C)C. The molecule has 0 bridgehead atoms. The van der Waals surface area contributed by atoms with Crippen LogP contribution in [0.2, 0.25) is 0 Å². The molecule has 0 saturated heterocycles. The number of carbonyl (C=O) groups is 1. The number of hydrogen-bond acceptors (Lipinski definition) is 2. The summed E-state index contributed by atoms with van der Waals surface area (Å²) in [7, 11) is 5.68. The molecule has 3 heteroatoms. The molecule has 0 amide bonds. The van der Waals surface area contributed by atoms with Gasteiger partial charge in [-0.05, 0) is 13.0 Å². The highest BCUT2D eigenvalue weighted by Gasteiger charge is 2.22. The number of quaternary nitrogens is 1. The van der Waals surface area contributed by atoms with Crippen molar-refractivity contribution in [1.29, 1.82) is 0 Å². The van der Waals surface area contributed by atoms with Crippen LogP contribution in [0.25, 0.3) is 0 Å². The van der Waals surface area contributed by atoms with Gasteiger partial charge in [-0.2, -0.15) is 0 Å². The number of likely N-dealkylation sites (N-methyl/N-ethyl adjacent to an activating group) is 1. The second kappa shape index (κ2) is 5.02. The Kier molecular flexibility index (Phi) is 4.70. The van der Waals surface area contributed by atoms with Gasteiger partial charge in [-0.25, -0.2) is 4.79 Å². The molecular formula is C10H20NO2+. The van der Waals surface area contributed by atoms with Crippen molar-refractivity contribution < 1.29 is 14.0 Å². The van der Waals surface area contributed by atoms with Crippen molar-refractivity contribution in [3.05, 3.63) is 12.3 Å². The summed E-state index contributed by atoms with van der Waals surface area (Å²) in [5.74, 6) is -0.291. The molecule has 0 spiro atoms. The molecule has 0 atom stereocenters. The van der Waals surface area contributed by atoms with Crippen molar-refractivity contribution in [2.45, 2.75) is 19.8 Å². The van der Waals surface area contributed by atoms with Crippen LogP contribution in [-0.2, 0) is 9.53 Å². The van der Waals surface area contributed by atoms with E-state index in [9.17, 15) is 4.79 Å². The normalized spacial score (nSPS) is 11.1. The van der Waals surface area contributed by atoms with Crippen molar-refractivity contribution in [2.24, 2.45) is 0 Å². The predicted molar refractivity (Wildman–Crippen MR) is 53.0 cm³/mol. The smallest absolute Gasteiger partial charge is 0.392 e. The van der Waals surface area contributed by atoms with Crippen molar-refractivity contribution >= 4 is 5.97 Å². The second-order valence-electron chi connectivity index (χ2n) is 3.95. The van der Waals surface area contributed by atoms with E-state index in [1.165, 1.54) is 0 Å². The van der Waals surface area contributed by atoms with Gasteiger partial charge in [-0.15, -0.1) is 0 Å². The third kappa shape index (κ3) is 4.68. The predicted octanol–water partition coefficient (Wildman–Crippen LogP) is 1.55.